The van der Waals surface area contributed by atoms with Crippen LogP contribution >= 0.6 is 0 Å². The molecule has 0 bridgehead atoms. The van der Waals surface area contributed by atoms with Crippen molar-refractivity contribution in [3.05, 3.63) is 35.9 Å². The third-order valence-electron chi connectivity index (χ3n) is 3.23. The predicted octanol–water partition coefficient (Wildman–Crippen LogP) is 0.641. The second kappa shape index (κ2) is 9.58. The van der Waals surface area contributed by atoms with E-state index in [0.717, 1.165) is 6.42 Å². The van der Waals surface area contributed by atoms with Gasteiger partial charge in [-0.2, -0.15) is 0 Å². The molecule has 0 spiro atoms. The number of hydrogen-bond acceptors (Lipinski definition) is 4. The molecule has 7 heteroatoms. The van der Waals surface area contributed by atoms with Gasteiger partial charge in [0.25, 0.3) is 0 Å². The molecular weight excluding hydrogens is 296 g/mol. The molecule has 126 valence electrons. The third kappa shape index (κ3) is 6.07. The summed E-state index contributed by atoms with van der Waals surface area (Å²) in [7, 11) is 3.11. The van der Waals surface area contributed by atoms with Gasteiger partial charge in [0.1, 0.15) is 6.04 Å². The molecule has 0 aliphatic carbocycles. The highest BCUT2D eigenvalue weighted by Crippen LogP contribution is 2.19. The van der Waals surface area contributed by atoms with Crippen LogP contribution in [-0.2, 0) is 9.59 Å². The van der Waals surface area contributed by atoms with Crippen LogP contribution in [0.5, 0.6) is 0 Å². The monoisotopic (exact) mass is 320 g/mol. The first-order chi connectivity index (χ1) is 11.0. The van der Waals surface area contributed by atoms with Gasteiger partial charge in [0.05, 0.1) is 6.54 Å². The normalized spacial score (nSPS) is 11.7. The molecule has 0 radical (unpaired) electrons. The molecule has 0 saturated heterocycles. The Hall–Kier alpha value is -2.41. The van der Waals surface area contributed by atoms with Crippen molar-refractivity contribution in [3.8, 4) is 0 Å². The molecular formula is C16H24N4O3. The average Bonchev–Trinajstić information content (AvgIpc) is 2.53. The maximum absolute atomic E-state index is 12.4. The Balaban J connectivity index is 2.88. The number of hydrogen-bond donors (Lipinski definition) is 3. The fourth-order valence-corrected chi connectivity index (χ4v) is 2.12. The molecule has 0 aliphatic rings. The van der Waals surface area contributed by atoms with Crippen LogP contribution in [0.1, 0.15) is 24.9 Å². The summed E-state index contributed by atoms with van der Waals surface area (Å²) in [4.78, 5) is 37.3. The van der Waals surface area contributed by atoms with Gasteiger partial charge < -0.3 is 10.6 Å². The van der Waals surface area contributed by atoms with E-state index in [-0.39, 0.29) is 12.5 Å². The van der Waals surface area contributed by atoms with Crippen LogP contribution < -0.4 is 16.0 Å². The SMILES string of the molecule is CCCNC(=O)CN(C)[C@@H](C(=O)NC(=O)NC)c1ccccc1. The Bertz CT molecular complexity index is 533. The van der Waals surface area contributed by atoms with E-state index in [1.165, 1.54) is 7.05 Å². The first kappa shape index (κ1) is 18.6. The Labute approximate surface area is 136 Å². The number of rotatable bonds is 7. The number of nitrogens with zero attached hydrogens (tertiary/aromatic N) is 1. The van der Waals surface area contributed by atoms with Gasteiger partial charge in [-0.1, -0.05) is 37.3 Å². The van der Waals surface area contributed by atoms with E-state index in [1.54, 1.807) is 36.2 Å². The molecule has 1 aromatic rings. The van der Waals surface area contributed by atoms with Crippen molar-refractivity contribution in [1.82, 2.24) is 20.9 Å². The fourth-order valence-electron chi connectivity index (χ4n) is 2.12. The van der Waals surface area contributed by atoms with Gasteiger partial charge in [-0.25, -0.2) is 4.79 Å². The van der Waals surface area contributed by atoms with E-state index < -0.39 is 18.0 Å². The smallest absolute Gasteiger partial charge is 0.321 e. The molecule has 0 aliphatic heterocycles. The van der Waals surface area contributed by atoms with Crippen molar-refractivity contribution in [1.29, 1.82) is 0 Å². The molecule has 0 heterocycles. The van der Waals surface area contributed by atoms with Crippen molar-refractivity contribution in [2.45, 2.75) is 19.4 Å². The van der Waals surface area contributed by atoms with E-state index in [2.05, 4.69) is 16.0 Å². The summed E-state index contributed by atoms with van der Waals surface area (Å²) in [5.74, 6) is -0.649. The lowest BCUT2D eigenvalue weighted by Crippen LogP contribution is -2.46. The number of benzene rings is 1. The minimum atomic E-state index is -0.735. The van der Waals surface area contributed by atoms with Crippen LogP contribution in [0, 0.1) is 0 Å². The number of amides is 4. The number of nitrogens with one attached hydrogen (secondary N) is 3. The van der Waals surface area contributed by atoms with E-state index >= 15 is 0 Å². The molecule has 0 saturated carbocycles. The molecule has 7 nitrogen and oxygen atoms in total. The minimum absolute atomic E-state index is 0.0563. The zero-order valence-electron chi connectivity index (χ0n) is 13.8. The summed E-state index contributed by atoms with van der Waals surface area (Å²) in [6, 6.07) is 7.70. The number of imide groups is 1. The van der Waals surface area contributed by atoms with Gasteiger partial charge in [0.2, 0.25) is 11.8 Å². The highest BCUT2D eigenvalue weighted by Gasteiger charge is 2.27. The highest BCUT2D eigenvalue weighted by atomic mass is 16.2. The van der Waals surface area contributed by atoms with Crippen molar-refractivity contribution in [2.75, 3.05) is 27.2 Å². The molecule has 23 heavy (non-hydrogen) atoms. The first-order valence-corrected chi connectivity index (χ1v) is 7.54. The molecule has 0 aromatic heterocycles. The molecule has 4 amide bonds. The van der Waals surface area contributed by atoms with Crippen LogP contribution in [0.3, 0.4) is 0 Å². The molecule has 1 rings (SSSR count). The lowest BCUT2D eigenvalue weighted by molar-refractivity contribution is -0.127. The van der Waals surface area contributed by atoms with Crippen molar-refractivity contribution < 1.29 is 14.4 Å². The van der Waals surface area contributed by atoms with E-state index in [0.29, 0.717) is 12.1 Å². The first-order valence-electron chi connectivity index (χ1n) is 7.54. The van der Waals surface area contributed by atoms with Gasteiger partial charge >= 0.3 is 6.03 Å². The summed E-state index contributed by atoms with van der Waals surface area (Å²) in [5, 5.41) is 7.37. The number of likely N-dealkylation sites (N-methyl/N-ethyl adjacent to an activating group) is 1. The second-order valence-electron chi connectivity index (χ2n) is 5.15. The standard InChI is InChI=1S/C16H24N4O3/c1-4-10-18-13(21)11-20(3)14(12-8-6-5-7-9-12)15(22)19-16(23)17-2/h5-9,14H,4,10-11H2,1-3H3,(H,18,21)(H2,17,19,22,23)/t14-/m1/s1. The Morgan fingerprint density at radius 3 is 2.39 bits per heavy atom. The van der Waals surface area contributed by atoms with Gasteiger partial charge in [-0.15, -0.1) is 0 Å². The van der Waals surface area contributed by atoms with Crippen LogP contribution in [0.4, 0.5) is 4.79 Å². The van der Waals surface area contributed by atoms with Crippen LogP contribution in [0.15, 0.2) is 30.3 Å². The molecule has 3 N–H and O–H groups in total. The molecule has 0 fully saturated rings. The van der Waals surface area contributed by atoms with E-state index in [9.17, 15) is 14.4 Å². The summed E-state index contributed by atoms with van der Waals surface area (Å²) < 4.78 is 0. The van der Waals surface area contributed by atoms with Gasteiger partial charge in [0.15, 0.2) is 0 Å². The average molecular weight is 320 g/mol. The predicted molar refractivity (Wildman–Crippen MR) is 87.7 cm³/mol. The Morgan fingerprint density at radius 2 is 1.83 bits per heavy atom. The topological polar surface area (TPSA) is 90.5 Å². The van der Waals surface area contributed by atoms with Gasteiger partial charge in [-0.3, -0.25) is 19.8 Å². The second-order valence-corrected chi connectivity index (χ2v) is 5.15. The van der Waals surface area contributed by atoms with Crippen molar-refractivity contribution in [3.63, 3.8) is 0 Å². The highest BCUT2D eigenvalue weighted by molar-refractivity contribution is 5.97. The fraction of sp³-hybridized carbons (Fsp3) is 0.438. The minimum Gasteiger partial charge on any atom is -0.355 e. The van der Waals surface area contributed by atoms with Crippen molar-refractivity contribution >= 4 is 17.8 Å². The lowest BCUT2D eigenvalue weighted by atomic mass is 10.0. The van der Waals surface area contributed by atoms with Gasteiger partial charge in [0, 0.05) is 13.6 Å². The summed E-state index contributed by atoms with van der Waals surface area (Å²) in [6.07, 6.45) is 0.842. The van der Waals surface area contributed by atoms with Crippen molar-refractivity contribution in [2.24, 2.45) is 0 Å². The maximum Gasteiger partial charge on any atom is 0.321 e. The third-order valence-corrected chi connectivity index (χ3v) is 3.23. The Morgan fingerprint density at radius 1 is 1.17 bits per heavy atom. The largest absolute Gasteiger partial charge is 0.355 e. The maximum atomic E-state index is 12.4. The quantitative estimate of drug-likeness (QED) is 0.688. The number of carbonyl (C=O) groups is 3. The molecule has 0 unspecified atom stereocenters. The summed E-state index contributed by atoms with van der Waals surface area (Å²) >= 11 is 0. The van der Waals surface area contributed by atoms with Crippen LogP contribution in [0.2, 0.25) is 0 Å². The van der Waals surface area contributed by atoms with E-state index in [1.807, 2.05) is 13.0 Å². The molecule has 1 atom stereocenters. The zero-order chi connectivity index (χ0) is 17.2. The van der Waals surface area contributed by atoms with Gasteiger partial charge in [-0.05, 0) is 19.0 Å². The number of urea groups is 1. The van der Waals surface area contributed by atoms with Crippen LogP contribution in [-0.4, -0.2) is 49.9 Å². The zero-order valence-corrected chi connectivity index (χ0v) is 13.8. The number of carbonyl (C=O) groups excluding carboxylic acids is 3. The lowest BCUT2D eigenvalue weighted by Gasteiger charge is -2.26. The van der Waals surface area contributed by atoms with Crippen LogP contribution in [0.25, 0.3) is 0 Å². The Kier molecular flexibility index (Phi) is 7.76. The summed E-state index contributed by atoms with van der Waals surface area (Å²) in [6.45, 7) is 2.61. The summed E-state index contributed by atoms with van der Waals surface area (Å²) in [5.41, 5.74) is 0.708. The molecule has 1 aromatic carbocycles. The van der Waals surface area contributed by atoms with E-state index in [4.69, 9.17) is 0 Å².